The lowest BCUT2D eigenvalue weighted by Crippen LogP contribution is -2.41. The van der Waals surface area contributed by atoms with Crippen molar-refractivity contribution < 1.29 is 34.0 Å². The Morgan fingerprint density at radius 3 is 2.42 bits per heavy atom. The average molecular weight is 542 g/mol. The van der Waals surface area contributed by atoms with Gasteiger partial charge in [-0.1, -0.05) is 48.5 Å². The number of phenols is 3. The minimum atomic E-state index is -0.858. The number of carbonyl (C=O) groups is 1. The van der Waals surface area contributed by atoms with E-state index < -0.39 is 28.6 Å². The number of fused-ring (bicyclic) bond motifs is 2. The van der Waals surface area contributed by atoms with Crippen LogP contribution in [0.4, 0.5) is 0 Å². The minimum absolute atomic E-state index is 0.0241. The van der Waals surface area contributed by atoms with Crippen molar-refractivity contribution in [2.45, 2.75) is 12.3 Å². The summed E-state index contributed by atoms with van der Waals surface area (Å²) in [5, 5.41) is 32.4. The molecule has 1 atom stereocenters. The van der Waals surface area contributed by atoms with Gasteiger partial charge in [-0.05, 0) is 17.7 Å². The van der Waals surface area contributed by atoms with Gasteiger partial charge in [0.2, 0.25) is 11.7 Å². The molecule has 6 rings (SSSR count). The summed E-state index contributed by atoms with van der Waals surface area (Å²) in [5.41, 5.74) is 1.33. The summed E-state index contributed by atoms with van der Waals surface area (Å²) >= 11 is 0. The first-order valence-electron chi connectivity index (χ1n) is 13.0. The predicted molar refractivity (Wildman–Crippen MR) is 148 cm³/mol. The number of nitrogens with zero attached hydrogens (tertiary/aromatic N) is 1. The van der Waals surface area contributed by atoms with Gasteiger partial charge in [0.25, 0.3) is 0 Å². The zero-order valence-corrected chi connectivity index (χ0v) is 21.5. The first-order valence-corrected chi connectivity index (χ1v) is 13.0. The van der Waals surface area contributed by atoms with E-state index in [2.05, 4.69) is 0 Å². The van der Waals surface area contributed by atoms with E-state index >= 15 is 0 Å². The van der Waals surface area contributed by atoms with Gasteiger partial charge in [-0.15, -0.1) is 0 Å². The van der Waals surface area contributed by atoms with Crippen LogP contribution in [0.2, 0.25) is 0 Å². The Kier molecular flexibility index (Phi) is 6.65. The molecule has 0 radical (unpaired) electrons. The Morgan fingerprint density at radius 1 is 0.925 bits per heavy atom. The van der Waals surface area contributed by atoms with E-state index in [0.717, 1.165) is 5.56 Å². The molecule has 9 heteroatoms. The van der Waals surface area contributed by atoms with Gasteiger partial charge < -0.3 is 34.1 Å². The number of benzene rings is 3. The Balaban J connectivity index is 1.58. The lowest BCUT2D eigenvalue weighted by atomic mass is 9.84. The maximum Gasteiger partial charge on any atom is 0.223 e. The molecule has 0 aliphatic carbocycles. The second-order valence-corrected chi connectivity index (χ2v) is 9.80. The lowest BCUT2D eigenvalue weighted by Gasteiger charge is -2.31. The molecule has 3 N–H and O–H groups in total. The van der Waals surface area contributed by atoms with Gasteiger partial charge in [0, 0.05) is 48.2 Å². The second-order valence-electron chi connectivity index (χ2n) is 9.80. The normalized spacial score (nSPS) is 15.7. The molecular weight excluding hydrogens is 514 g/mol. The van der Waals surface area contributed by atoms with Gasteiger partial charge in [0.15, 0.2) is 16.9 Å². The van der Waals surface area contributed by atoms with Crippen LogP contribution in [0.5, 0.6) is 23.0 Å². The number of rotatable bonds is 5. The molecule has 1 saturated heterocycles. The van der Waals surface area contributed by atoms with Crippen molar-refractivity contribution in [3.63, 3.8) is 0 Å². The molecule has 1 fully saturated rings. The van der Waals surface area contributed by atoms with Crippen molar-refractivity contribution in [1.82, 2.24) is 4.90 Å². The van der Waals surface area contributed by atoms with Crippen LogP contribution in [0.3, 0.4) is 0 Å². The fraction of sp³-hybridized carbons (Fsp3) is 0.226. The molecule has 40 heavy (non-hydrogen) atoms. The maximum atomic E-state index is 13.5. The summed E-state index contributed by atoms with van der Waals surface area (Å²) in [6, 6.07) is 17.6. The van der Waals surface area contributed by atoms with Crippen LogP contribution < -0.4 is 10.2 Å². The molecule has 3 aromatic carbocycles. The van der Waals surface area contributed by atoms with Crippen molar-refractivity contribution in [2.24, 2.45) is 0 Å². The number of phenolic OH excluding ortho intramolecular Hbond substituents is 3. The molecule has 0 bridgehead atoms. The van der Waals surface area contributed by atoms with Gasteiger partial charge in [-0.3, -0.25) is 9.59 Å². The van der Waals surface area contributed by atoms with Crippen molar-refractivity contribution in [2.75, 3.05) is 32.9 Å². The van der Waals surface area contributed by atoms with Gasteiger partial charge in [0.05, 0.1) is 13.2 Å². The molecular formula is C31H27NO8. The molecule has 1 unspecified atom stereocenters. The van der Waals surface area contributed by atoms with E-state index in [-0.39, 0.29) is 41.2 Å². The van der Waals surface area contributed by atoms with E-state index in [1.54, 1.807) is 29.2 Å². The summed E-state index contributed by atoms with van der Waals surface area (Å²) in [6.07, 6.45) is 1.77. The summed E-state index contributed by atoms with van der Waals surface area (Å²) < 4.78 is 17.6. The number of hydrogen-bond acceptors (Lipinski definition) is 8. The zero-order valence-electron chi connectivity index (χ0n) is 21.5. The summed E-state index contributed by atoms with van der Waals surface area (Å²) in [7, 11) is 0. The standard InChI is InChI=1S/C31H27NO8/c33-22-16-24(18-6-2-1-3-7-18)40-31-26(28(35)30(37)29(36)27(22)31)21(15-25(34)32-10-12-38-13-11-32)20-14-19-8-4-5-9-23(19)39-17-20/h1-9,14,16,21,35-37H,10-13,15,17H2. The van der Waals surface area contributed by atoms with Crippen molar-refractivity contribution in [3.05, 3.63) is 87.6 Å². The number of aromatic hydroxyl groups is 3. The number of amides is 1. The van der Waals surface area contributed by atoms with Crippen LogP contribution in [0.15, 0.2) is 75.4 Å². The van der Waals surface area contributed by atoms with E-state index in [1.807, 2.05) is 36.4 Å². The third kappa shape index (κ3) is 4.54. The van der Waals surface area contributed by atoms with Crippen molar-refractivity contribution >= 4 is 23.0 Å². The molecule has 4 aromatic rings. The molecule has 204 valence electrons. The first-order chi connectivity index (χ1) is 19.4. The van der Waals surface area contributed by atoms with Gasteiger partial charge >= 0.3 is 0 Å². The lowest BCUT2D eigenvalue weighted by molar-refractivity contribution is -0.135. The largest absolute Gasteiger partial charge is 0.504 e. The number of morpholine rings is 1. The summed E-state index contributed by atoms with van der Waals surface area (Å²) in [5.74, 6) is -2.49. The SMILES string of the molecule is O=C(CC(C1=Cc2ccccc2OC1)c1c(O)c(O)c(O)c2c(=O)cc(-c3ccccc3)oc12)N1CCOCC1. The van der Waals surface area contributed by atoms with Crippen LogP contribution >= 0.6 is 0 Å². The Bertz CT molecular complexity index is 1690. The maximum absolute atomic E-state index is 13.5. The third-order valence-corrected chi connectivity index (χ3v) is 7.38. The number of para-hydroxylation sites is 1. The molecule has 3 heterocycles. The van der Waals surface area contributed by atoms with Crippen LogP contribution in [0.1, 0.15) is 23.5 Å². The van der Waals surface area contributed by atoms with E-state index in [1.165, 1.54) is 6.07 Å². The highest BCUT2D eigenvalue weighted by molar-refractivity contribution is 5.94. The van der Waals surface area contributed by atoms with Crippen LogP contribution in [-0.2, 0) is 9.53 Å². The summed E-state index contributed by atoms with van der Waals surface area (Å²) in [6.45, 7) is 1.77. The molecule has 1 aromatic heterocycles. The highest BCUT2D eigenvalue weighted by Crippen LogP contribution is 2.50. The predicted octanol–water partition coefficient (Wildman–Crippen LogP) is 4.39. The quantitative estimate of drug-likeness (QED) is 0.318. The van der Waals surface area contributed by atoms with Gasteiger partial charge in [0.1, 0.15) is 29.1 Å². The Labute approximate surface area is 229 Å². The van der Waals surface area contributed by atoms with E-state index in [4.69, 9.17) is 13.9 Å². The summed E-state index contributed by atoms with van der Waals surface area (Å²) in [4.78, 5) is 28.5. The zero-order chi connectivity index (χ0) is 27.8. The molecule has 1 amide bonds. The Morgan fingerprint density at radius 2 is 1.65 bits per heavy atom. The number of carbonyl (C=O) groups excluding carboxylic acids is 1. The van der Waals surface area contributed by atoms with Crippen molar-refractivity contribution in [3.8, 4) is 34.3 Å². The molecule has 0 saturated carbocycles. The topological polar surface area (TPSA) is 130 Å². The first kappa shape index (κ1) is 25.5. The highest BCUT2D eigenvalue weighted by Gasteiger charge is 2.34. The fourth-order valence-corrected chi connectivity index (χ4v) is 5.31. The third-order valence-electron chi connectivity index (χ3n) is 7.38. The second kappa shape index (κ2) is 10.4. The van der Waals surface area contributed by atoms with E-state index in [9.17, 15) is 24.9 Å². The molecule has 9 nitrogen and oxygen atoms in total. The molecule has 0 spiro atoms. The number of ether oxygens (including phenoxy) is 2. The van der Waals surface area contributed by atoms with Crippen LogP contribution in [0.25, 0.3) is 28.4 Å². The van der Waals surface area contributed by atoms with E-state index in [0.29, 0.717) is 43.2 Å². The average Bonchev–Trinajstić information content (AvgIpc) is 2.99. The smallest absolute Gasteiger partial charge is 0.223 e. The van der Waals surface area contributed by atoms with Gasteiger partial charge in [-0.25, -0.2) is 0 Å². The van der Waals surface area contributed by atoms with Gasteiger partial charge in [-0.2, -0.15) is 0 Å². The highest BCUT2D eigenvalue weighted by atomic mass is 16.5. The fourth-order valence-electron chi connectivity index (χ4n) is 5.31. The molecule has 2 aliphatic heterocycles. The number of hydrogen-bond donors (Lipinski definition) is 3. The molecule has 2 aliphatic rings. The van der Waals surface area contributed by atoms with Crippen molar-refractivity contribution in [1.29, 1.82) is 0 Å². The minimum Gasteiger partial charge on any atom is -0.504 e. The van der Waals surface area contributed by atoms with Crippen LogP contribution in [0, 0.1) is 0 Å². The Hall–Kier alpha value is -4.76. The van der Waals surface area contributed by atoms with Crippen LogP contribution in [-0.4, -0.2) is 59.0 Å². The monoisotopic (exact) mass is 541 g/mol.